The molecule has 1 aliphatic heterocycles. The smallest absolute Gasteiger partial charge is 0.239 e. The van der Waals surface area contributed by atoms with Gasteiger partial charge in [-0.05, 0) is 33.4 Å². The highest BCUT2D eigenvalue weighted by Crippen LogP contribution is 2.11. The number of carbonyl (C=O) groups excluding carboxylic acids is 1. The molecule has 22 heavy (non-hydrogen) atoms. The average molecular weight is 307 g/mol. The molecule has 1 aromatic heterocycles. The normalized spacial score (nSPS) is 20.6. The summed E-state index contributed by atoms with van der Waals surface area (Å²) < 4.78 is 1.93. The predicted molar refractivity (Wildman–Crippen MR) is 87.7 cm³/mol. The van der Waals surface area contributed by atoms with Crippen molar-refractivity contribution in [3.8, 4) is 0 Å². The fraction of sp³-hybridized carbons (Fsp3) is 0.750. The molecule has 6 heteroatoms. The number of rotatable bonds is 6. The maximum Gasteiger partial charge on any atom is 0.239 e. The lowest BCUT2D eigenvalue weighted by molar-refractivity contribution is -0.135. The summed E-state index contributed by atoms with van der Waals surface area (Å²) in [7, 11) is 0. The summed E-state index contributed by atoms with van der Waals surface area (Å²) in [6.07, 6.45) is 3.74. The molecular weight excluding hydrogens is 278 g/mol. The van der Waals surface area contributed by atoms with Crippen LogP contribution in [0.5, 0.6) is 0 Å². The number of carbonyl (C=O) groups is 1. The molecule has 6 nitrogen and oxygen atoms in total. The SMILES string of the molecule is CCN1CCN(C(=O)C(C)NC(C)C(C)n2cccn2)CC1. The first-order valence-corrected chi connectivity index (χ1v) is 8.29. The van der Waals surface area contributed by atoms with Gasteiger partial charge >= 0.3 is 0 Å². The summed E-state index contributed by atoms with van der Waals surface area (Å²) in [4.78, 5) is 16.9. The summed E-state index contributed by atoms with van der Waals surface area (Å²) in [5.41, 5.74) is 0. The Bertz CT molecular complexity index is 453. The summed E-state index contributed by atoms with van der Waals surface area (Å²) >= 11 is 0. The van der Waals surface area contributed by atoms with Crippen LogP contribution in [0, 0.1) is 0 Å². The van der Waals surface area contributed by atoms with Gasteiger partial charge in [-0.25, -0.2) is 0 Å². The first-order chi connectivity index (χ1) is 10.5. The van der Waals surface area contributed by atoms with Crippen molar-refractivity contribution in [2.45, 2.75) is 45.8 Å². The van der Waals surface area contributed by atoms with E-state index < -0.39 is 0 Å². The molecule has 2 heterocycles. The second-order valence-electron chi connectivity index (χ2n) is 6.16. The van der Waals surface area contributed by atoms with Gasteiger partial charge in [0.2, 0.25) is 5.91 Å². The van der Waals surface area contributed by atoms with Gasteiger partial charge in [0.15, 0.2) is 0 Å². The van der Waals surface area contributed by atoms with Crippen molar-refractivity contribution in [1.82, 2.24) is 24.9 Å². The minimum atomic E-state index is -0.166. The third kappa shape index (κ3) is 4.08. The third-order valence-electron chi connectivity index (χ3n) is 4.68. The van der Waals surface area contributed by atoms with Gasteiger partial charge in [-0.15, -0.1) is 0 Å². The van der Waals surface area contributed by atoms with Crippen LogP contribution in [-0.2, 0) is 4.79 Å². The van der Waals surface area contributed by atoms with Crippen LogP contribution in [0.1, 0.15) is 33.7 Å². The molecule has 0 bridgehead atoms. The molecule has 3 unspecified atom stereocenters. The second kappa shape index (κ2) is 7.74. The van der Waals surface area contributed by atoms with Gasteiger partial charge in [0.25, 0.3) is 0 Å². The number of aromatic nitrogens is 2. The molecule has 1 amide bonds. The summed E-state index contributed by atoms with van der Waals surface area (Å²) in [6, 6.07) is 2.14. The largest absolute Gasteiger partial charge is 0.339 e. The molecule has 1 saturated heterocycles. The zero-order chi connectivity index (χ0) is 16.1. The molecule has 1 aliphatic rings. The van der Waals surface area contributed by atoms with E-state index in [0.29, 0.717) is 0 Å². The van der Waals surface area contributed by atoms with E-state index in [1.165, 1.54) is 0 Å². The molecule has 1 aromatic rings. The molecule has 2 rings (SSSR count). The molecule has 3 atom stereocenters. The van der Waals surface area contributed by atoms with Crippen LogP contribution in [0.3, 0.4) is 0 Å². The molecule has 124 valence electrons. The first-order valence-electron chi connectivity index (χ1n) is 8.29. The summed E-state index contributed by atoms with van der Waals surface area (Å²) in [5.74, 6) is 0.204. The predicted octanol–water partition coefficient (Wildman–Crippen LogP) is 0.975. The Morgan fingerprint density at radius 3 is 2.45 bits per heavy atom. The Morgan fingerprint density at radius 2 is 1.91 bits per heavy atom. The average Bonchev–Trinajstić information content (AvgIpc) is 3.07. The van der Waals surface area contributed by atoms with Crippen molar-refractivity contribution in [2.75, 3.05) is 32.7 Å². The molecule has 0 aliphatic carbocycles. The van der Waals surface area contributed by atoms with Crippen LogP contribution in [0.2, 0.25) is 0 Å². The fourth-order valence-corrected chi connectivity index (χ4v) is 2.91. The number of likely N-dealkylation sites (N-methyl/N-ethyl adjacent to an activating group) is 1. The van der Waals surface area contributed by atoms with Gasteiger partial charge < -0.3 is 15.1 Å². The van der Waals surface area contributed by atoms with Crippen molar-refractivity contribution in [2.24, 2.45) is 0 Å². The third-order valence-corrected chi connectivity index (χ3v) is 4.68. The number of nitrogens with zero attached hydrogens (tertiary/aromatic N) is 4. The van der Waals surface area contributed by atoms with Crippen molar-refractivity contribution in [3.05, 3.63) is 18.5 Å². The monoisotopic (exact) mass is 307 g/mol. The minimum Gasteiger partial charge on any atom is -0.339 e. The quantitative estimate of drug-likeness (QED) is 0.851. The molecule has 0 saturated carbocycles. The van der Waals surface area contributed by atoms with Gasteiger partial charge in [0.1, 0.15) is 0 Å². The lowest BCUT2D eigenvalue weighted by atomic mass is 10.1. The zero-order valence-electron chi connectivity index (χ0n) is 14.2. The van der Waals surface area contributed by atoms with Crippen LogP contribution in [0.15, 0.2) is 18.5 Å². The lowest BCUT2D eigenvalue weighted by Crippen LogP contribution is -2.55. The zero-order valence-corrected chi connectivity index (χ0v) is 14.2. The van der Waals surface area contributed by atoms with Gasteiger partial charge in [0, 0.05) is 44.6 Å². The summed E-state index contributed by atoms with van der Waals surface area (Å²) in [5, 5.41) is 7.70. The minimum absolute atomic E-state index is 0.166. The molecular formula is C16H29N5O. The number of nitrogens with one attached hydrogen (secondary N) is 1. The fourth-order valence-electron chi connectivity index (χ4n) is 2.91. The molecule has 1 fully saturated rings. The number of piperazine rings is 1. The van der Waals surface area contributed by atoms with Crippen LogP contribution >= 0.6 is 0 Å². The Labute approximate surface area is 133 Å². The van der Waals surface area contributed by atoms with Gasteiger partial charge in [-0.2, -0.15) is 5.10 Å². The van der Waals surface area contributed by atoms with E-state index in [1.54, 1.807) is 6.20 Å². The Morgan fingerprint density at radius 1 is 1.23 bits per heavy atom. The van der Waals surface area contributed by atoms with E-state index in [1.807, 2.05) is 28.8 Å². The van der Waals surface area contributed by atoms with Crippen LogP contribution in [0.25, 0.3) is 0 Å². The maximum atomic E-state index is 12.6. The number of hydrogen-bond donors (Lipinski definition) is 1. The van der Waals surface area contributed by atoms with E-state index in [0.717, 1.165) is 32.7 Å². The Kier molecular flexibility index (Phi) is 5.97. The van der Waals surface area contributed by atoms with Gasteiger partial charge in [-0.1, -0.05) is 6.92 Å². The van der Waals surface area contributed by atoms with Gasteiger partial charge in [0.05, 0.1) is 12.1 Å². The van der Waals surface area contributed by atoms with Crippen molar-refractivity contribution in [3.63, 3.8) is 0 Å². The van der Waals surface area contributed by atoms with Crippen molar-refractivity contribution in [1.29, 1.82) is 0 Å². The van der Waals surface area contributed by atoms with E-state index in [2.05, 4.69) is 36.1 Å². The second-order valence-corrected chi connectivity index (χ2v) is 6.16. The highest BCUT2D eigenvalue weighted by atomic mass is 16.2. The van der Waals surface area contributed by atoms with Gasteiger partial charge in [-0.3, -0.25) is 9.48 Å². The van der Waals surface area contributed by atoms with E-state index in [-0.39, 0.29) is 24.0 Å². The Hall–Kier alpha value is -1.40. The van der Waals surface area contributed by atoms with E-state index in [9.17, 15) is 4.79 Å². The first kappa shape index (κ1) is 17.0. The number of hydrogen-bond acceptors (Lipinski definition) is 4. The number of amides is 1. The highest BCUT2D eigenvalue weighted by molar-refractivity contribution is 5.81. The Balaban J connectivity index is 1.83. The molecule has 0 aromatic carbocycles. The van der Waals surface area contributed by atoms with Crippen LogP contribution < -0.4 is 5.32 Å². The molecule has 0 spiro atoms. The highest BCUT2D eigenvalue weighted by Gasteiger charge is 2.26. The van der Waals surface area contributed by atoms with E-state index in [4.69, 9.17) is 0 Å². The molecule has 1 N–H and O–H groups in total. The maximum absolute atomic E-state index is 12.6. The van der Waals surface area contributed by atoms with Crippen LogP contribution in [-0.4, -0.2) is 70.3 Å². The molecule has 0 radical (unpaired) electrons. The van der Waals surface area contributed by atoms with Crippen LogP contribution in [0.4, 0.5) is 0 Å². The summed E-state index contributed by atoms with van der Waals surface area (Å²) in [6.45, 7) is 13.0. The van der Waals surface area contributed by atoms with Crippen molar-refractivity contribution >= 4 is 5.91 Å². The van der Waals surface area contributed by atoms with E-state index >= 15 is 0 Å². The van der Waals surface area contributed by atoms with Crippen molar-refractivity contribution < 1.29 is 4.79 Å². The topological polar surface area (TPSA) is 53.4 Å². The lowest BCUT2D eigenvalue weighted by Gasteiger charge is -2.36. The standard InChI is InChI=1S/C16H29N5O/c1-5-19-9-11-20(12-10-19)16(22)14(3)18-13(2)15(4)21-8-6-7-17-21/h6-8,13-15,18H,5,9-12H2,1-4H3.